The SMILES string of the molecule is CCCOC(=O)CCC(=O)OC(C)CCCC(C)C. The number of carbonyl (C=O) groups is 2. The normalized spacial score (nSPS) is 12.3. The highest BCUT2D eigenvalue weighted by atomic mass is 16.5. The summed E-state index contributed by atoms with van der Waals surface area (Å²) in [6, 6.07) is 0. The van der Waals surface area contributed by atoms with Crippen LogP contribution >= 0.6 is 0 Å². The van der Waals surface area contributed by atoms with Crippen molar-refractivity contribution in [2.45, 2.75) is 72.3 Å². The zero-order valence-electron chi connectivity index (χ0n) is 12.7. The number of hydrogen-bond donors (Lipinski definition) is 0. The minimum Gasteiger partial charge on any atom is -0.466 e. The molecule has 0 heterocycles. The summed E-state index contributed by atoms with van der Waals surface area (Å²) in [5.74, 6) is 0.0352. The molecule has 0 rings (SSSR count). The fraction of sp³-hybridized carbons (Fsp3) is 0.867. The molecule has 0 radical (unpaired) electrons. The fourth-order valence-corrected chi connectivity index (χ4v) is 1.65. The van der Waals surface area contributed by atoms with Crippen LogP contribution in [0.3, 0.4) is 0 Å². The molecule has 0 fully saturated rings. The van der Waals surface area contributed by atoms with Crippen molar-refractivity contribution < 1.29 is 19.1 Å². The van der Waals surface area contributed by atoms with Gasteiger partial charge >= 0.3 is 11.9 Å². The van der Waals surface area contributed by atoms with E-state index in [2.05, 4.69) is 13.8 Å². The van der Waals surface area contributed by atoms with Gasteiger partial charge < -0.3 is 9.47 Å². The minimum atomic E-state index is -0.328. The van der Waals surface area contributed by atoms with Crippen molar-refractivity contribution in [3.8, 4) is 0 Å². The predicted octanol–water partition coefficient (Wildman–Crippen LogP) is 3.48. The van der Waals surface area contributed by atoms with E-state index in [0.717, 1.165) is 25.7 Å². The Bertz CT molecular complexity index is 261. The lowest BCUT2D eigenvalue weighted by atomic mass is 10.0. The number of esters is 2. The predicted molar refractivity (Wildman–Crippen MR) is 74.7 cm³/mol. The zero-order chi connectivity index (χ0) is 14.7. The number of rotatable bonds is 10. The standard InChI is InChI=1S/C15H28O4/c1-5-11-18-14(16)9-10-15(17)19-13(4)8-6-7-12(2)3/h12-13H,5-11H2,1-4H3. The molecule has 0 saturated carbocycles. The van der Waals surface area contributed by atoms with Gasteiger partial charge in [-0.1, -0.05) is 27.2 Å². The molecule has 0 saturated heterocycles. The van der Waals surface area contributed by atoms with Crippen molar-refractivity contribution in [3.05, 3.63) is 0 Å². The average Bonchev–Trinajstić information content (AvgIpc) is 2.33. The van der Waals surface area contributed by atoms with Crippen LogP contribution in [0.5, 0.6) is 0 Å². The van der Waals surface area contributed by atoms with Crippen LogP contribution in [0.1, 0.15) is 66.2 Å². The Hall–Kier alpha value is -1.06. The lowest BCUT2D eigenvalue weighted by Crippen LogP contribution is -2.16. The molecule has 0 aliphatic heterocycles. The summed E-state index contributed by atoms with van der Waals surface area (Å²) in [7, 11) is 0. The van der Waals surface area contributed by atoms with Gasteiger partial charge in [0.05, 0.1) is 25.6 Å². The van der Waals surface area contributed by atoms with Gasteiger partial charge in [0.15, 0.2) is 0 Å². The highest BCUT2D eigenvalue weighted by Crippen LogP contribution is 2.11. The van der Waals surface area contributed by atoms with Crippen LogP contribution in [-0.4, -0.2) is 24.6 Å². The molecule has 0 aromatic rings. The molecule has 4 heteroatoms. The first-order chi connectivity index (χ1) is 8.95. The van der Waals surface area contributed by atoms with E-state index in [9.17, 15) is 9.59 Å². The second-order valence-electron chi connectivity index (χ2n) is 5.35. The van der Waals surface area contributed by atoms with Crippen LogP contribution in [0.25, 0.3) is 0 Å². The van der Waals surface area contributed by atoms with Crippen molar-refractivity contribution in [2.75, 3.05) is 6.61 Å². The molecule has 0 aromatic carbocycles. The first-order valence-corrected chi connectivity index (χ1v) is 7.30. The Labute approximate surface area is 116 Å². The Balaban J connectivity index is 3.64. The van der Waals surface area contributed by atoms with Crippen LogP contribution in [0, 0.1) is 5.92 Å². The van der Waals surface area contributed by atoms with E-state index < -0.39 is 0 Å². The largest absolute Gasteiger partial charge is 0.466 e. The second kappa shape index (κ2) is 10.8. The highest BCUT2D eigenvalue weighted by Gasteiger charge is 2.12. The molecule has 0 aliphatic carbocycles. The van der Waals surface area contributed by atoms with Crippen LogP contribution in [0.4, 0.5) is 0 Å². The molecule has 0 amide bonds. The summed E-state index contributed by atoms with van der Waals surface area (Å²) >= 11 is 0. The zero-order valence-corrected chi connectivity index (χ0v) is 12.7. The van der Waals surface area contributed by atoms with Crippen molar-refractivity contribution in [1.82, 2.24) is 0 Å². The third kappa shape index (κ3) is 11.7. The van der Waals surface area contributed by atoms with Gasteiger partial charge in [0, 0.05) is 0 Å². The number of carbonyl (C=O) groups excluding carboxylic acids is 2. The Morgan fingerprint density at radius 2 is 1.63 bits per heavy atom. The molecule has 0 spiro atoms. The Morgan fingerprint density at radius 1 is 1.00 bits per heavy atom. The maximum atomic E-state index is 11.5. The van der Waals surface area contributed by atoms with Crippen LogP contribution < -0.4 is 0 Å². The second-order valence-corrected chi connectivity index (χ2v) is 5.35. The smallest absolute Gasteiger partial charge is 0.306 e. The highest BCUT2D eigenvalue weighted by molar-refractivity contribution is 5.77. The van der Waals surface area contributed by atoms with Crippen LogP contribution in [-0.2, 0) is 19.1 Å². The van der Waals surface area contributed by atoms with Crippen molar-refractivity contribution in [1.29, 1.82) is 0 Å². The molecular weight excluding hydrogens is 244 g/mol. The van der Waals surface area contributed by atoms with Crippen molar-refractivity contribution in [2.24, 2.45) is 5.92 Å². The van der Waals surface area contributed by atoms with Gasteiger partial charge in [0.2, 0.25) is 0 Å². The Morgan fingerprint density at radius 3 is 2.21 bits per heavy atom. The molecule has 0 aliphatic rings. The lowest BCUT2D eigenvalue weighted by Gasteiger charge is -2.13. The third-order valence-corrected chi connectivity index (χ3v) is 2.73. The van der Waals surface area contributed by atoms with Crippen LogP contribution in [0.2, 0.25) is 0 Å². The fourth-order valence-electron chi connectivity index (χ4n) is 1.65. The number of hydrogen-bond acceptors (Lipinski definition) is 4. The van der Waals surface area contributed by atoms with E-state index in [0.29, 0.717) is 12.5 Å². The molecular formula is C15H28O4. The van der Waals surface area contributed by atoms with Gasteiger partial charge in [-0.25, -0.2) is 0 Å². The summed E-state index contributed by atoms with van der Waals surface area (Å²) < 4.78 is 10.1. The average molecular weight is 272 g/mol. The molecule has 19 heavy (non-hydrogen) atoms. The molecule has 0 aromatic heterocycles. The van der Waals surface area contributed by atoms with Crippen LogP contribution in [0.15, 0.2) is 0 Å². The van der Waals surface area contributed by atoms with E-state index in [-0.39, 0.29) is 30.9 Å². The van der Waals surface area contributed by atoms with Gasteiger partial charge in [0.1, 0.15) is 0 Å². The van der Waals surface area contributed by atoms with Gasteiger partial charge in [-0.15, -0.1) is 0 Å². The van der Waals surface area contributed by atoms with Gasteiger partial charge in [0.25, 0.3) is 0 Å². The van der Waals surface area contributed by atoms with E-state index in [1.807, 2.05) is 13.8 Å². The summed E-state index contributed by atoms with van der Waals surface area (Å²) in [6.45, 7) is 8.60. The maximum Gasteiger partial charge on any atom is 0.306 e. The monoisotopic (exact) mass is 272 g/mol. The van der Waals surface area contributed by atoms with Gasteiger partial charge in [-0.05, 0) is 32.1 Å². The molecule has 0 N–H and O–H groups in total. The van der Waals surface area contributed by atoms with E-state index in [4.69, 9.17) is 9.47 Å². The first kappa shape index (κ1) is 17.9. The molecule has 112 valence electrons. The summed E-state index contributed by atoms with van der Waals surface area (Å²) in [6.07, 6.45) is 4.02. The van der Waals surface area contributed by atoms with Crippen molar-refractivity contribution in [3.63, 3.8) is 0 Å². The topological polar surface area (TPSA) is 52.6 Å². The molecule has 4 nitrogen and oxygen atoms in total. The van der Waals surface area contributed by atoms with E-state index >= 15 is 0 Å². The minimum absolute atomic E-state index is 0.0714. The first-order valence-electron chi connectivity index (χ1n) is 7.30. The van der Waals surface area contributed by atoms with Gasteiger partial charge in [-0.3, -0.25) is 9.59 Å². The summed E-state index contributed by atoms with van der Waals surface area (Å²) in [5, 5.41) is 0. The molecule has 1 unspecified atom stereocenters. The molecule has 1 atom stereocenters. The third-order valence-electron chi connectivity index (χ3n) is 2.73. The Kier molecular flexibility index (Phi) is 10.2. The lowest BCUT2D eigenvalue weighted by molar-refractivity contribution is -0.153. The van der Waals surface area contributed by atoms with E-state index in [1.165, 1.54) is 0 Å². The maximum absolute atomic E-state index is 11.5. The summed E-state index contributed by atoms with van der Waals surface area (Å²) in [4.78, 5) is 22.7. The van der Waals surface area contributed by atoms with E-state index in [1.54, 1.807) is 0 Å². The quantitative estimate of drug-likeness (QED) is 0.571. The summed E-state index contributed by atoms with van der Waals surface area (Å²) in [5.41, 5.74) is 0. The molecule has 0 bridgehead atoms. The van der Waals surface area contributed by atoms with Crippen molar-refractivity contribution >= 4 is 11.9 Å². The van der Waals surface area contributed by atoms with Gasteiger partial charge in [-0.2, -0.15) is 0 Å². The number of ether oxygens (including phenoxy) is 2.